The lowest BCUT2D eigenvalue weighted by Gasteiger charge is -2.19. The fourth-order valence-corrected chi connectivity index (χ4v) is 5.56. The molecular formula is C26H24N3O2S+. The number of ketones is 1. The first-order chi connectivity index (χ1) is 15.7. The Morgan fingerprint density at radius 2 is 1.72 bits per heavy atom. The molecule has 6 heteroatoms. The van der Waals surface area contributed by atoms with Crippen molar-refractivity contribution < 1.29 is 14.5 Å². The number of hydrogen-bond acceptors (Lipinski definition) is 4. The van der Waals surface area contributed by atoms with Crippen LogP contribution in [0.2, 0.25) is 0 Å². The van der Waals surface area contributed by atoms with Gasteiger partial charge in [0.1, 0.15) is 6.04 Å². The summed E-state index contributed by atoms with van der Waals surface area (Å²) in [7, 11) is 0. The van der Waals surface area contributed by atoms with Crippen molar-refractivity contribution >= 4 is 38.9 Å². The summed E-state index contributed by atoms with van der Waals surface area (Å²) in [6, 6.07) is 24.8. The van der Waals surface area contributed by atoms with E-state index in [4.69, 9.17) is 4.98 Å². The SMILES string of the molecule is O=C(C[NH+]1CCC[C@H]1c1nc2ccccc2s1)Nc1ccccc1C(=O)c1ccccc1. The topological polar surface area (TPSA) is 63.5 Å². The van der Waals surface area contributed by atoms with E-state index in [-0.39, 0.29) is 17.7 Å². The Morgan fingerprint density at radius 1 is 0.969 bits per heavy atom. The highest BCUT2D eigenvalue weighted by atomic mass is 32.1. The van der Waals surface area contributed by atoms with Crippen LogP contribution in [0.25, 0.3) is 10.2 Å². The van der Waals surface area contributed by atoms with Gasteiger partial charge in [-0.3, -0.25) is 9.59 Å². The van der Waals surface area contributed by atoms with Crippen molar-refractivity contribution in [1.29, 1.82) is 0 Å². The lowest BCUT2D eigenvalue weighted by atomic mass is 10.0. The molecule has 32 heavy (non-hydrogen) atoms. The summed E-state index contributed by atoms with van der Waals surface area (Å²) in [5.41, 5.74) is 2.69. The van der Waals surface area contributed by atoms with E-state index in [1.165, 1.54) is 9.60 Å². The van der Waals surface area contributed by atoms with Crippen LogP contribution in [0, 0.1) is 0 Å². The number of rotatable bonds is 6. The Morgan fingerprint density at radius 3 is 2.56 bits per heavy atom. The van der Waals surface area contributed by atoms with Crippen molar-refractivity contribution in [2.45, 2.75) is 18.9 Å². The molecule has 1 fully saturated rings. The first-order valence-electron chi connectivity index (χ1n) is 10.9. The first-order valence-corrected chi connectivity index (χ1v) is 11.7. The van der Waals surface area contributed by atoms with Crippen molar-refractivity contribution in [1.82, 2.24) is 4.98 Å². The molecule has 2 atom stereocenters. The number of thiazole rings is 1. The number of likely N-dealkylation sites (tertiary alicyclic amines) is 1. The maximum Gasteiger partial charge on any atom is 0.279 e. The molecule has 2 N–H and O–H groups in total. The van der Waals surface area contributed by atoms with Crippen LogP contribution < -0.4 is 10.2 Å². The van der Waals surface area contributed by atoms with E-state index in [1.54, 1.807) is 35.6 Å². The molecule has 1 aromatic heterocycles. The monoisotopic (exact) mass is 442 g/mol. The number of quaternary nitrogens is 1. The maximum absolute atomic E-state index is 13.0. The van der Waals surface area contributed by atoms with Crippen molar-refractivity contribution in [2.24, 2.45) is 0 Å². The second-order valence-electron chi connectivity index (χ2n) is 8.09. The minimum absolute atomic E-state index is 0.0821. The van der Waals surface area contributed by atoms with Crippen LogP contribution >= 0.6 is 11.3 Å². The highest BCUT2D eigenvalue weighted by Gasteiger charge is 2.34. The van der Waals surface area contributed by atoms with Gasteiger partial charge in [0.05, 0.1) is 22.4 Å². The Kier molecular flexibility index (Phi) is 5.79. The minimum Gasteiger partial charge on any atom is -0.320 e. The van der Waals surface area contributed by atoms with Gasteiger partial charge in [-0.2, -0.15) is 0 Å². The third-order valence-electron chi connectivity index (χ3n) is 5.96. The van der Waals surface area contributed by atoms with E-state index in [0.29, 0.717) is 23.4 Å². The number of amides is 1. The molecule has 5 rings (SSSR count). The number of hydrogen-bond donors (Lipinski definition) is 2. The quantitative estimate of drug-likeness (QED) is 0.446. The van der Waals surface area contributed by atoms with Crippen molar-refractivity contribution in [3.63, 3.8) is 0 Å². The van der Waals surface area contributed by atoms with E-state index in [2.05, 4.69) is 11.4 Å². The fourth-order valence-electron chi connectivity index (χ4n) is 4.40. The molecular weight excluding hydrogens is 418 g/mol. The molecule has 0 saturated carbocycles. The molecule has 1 aliphatic heterocycles. The van der Waals surface area contributed by atoms with E-state index < -0.39 is 0 Å². The van der Waals surface area contributed by atoms with E-state index >= 15 is 0 Å². The number of benzene rings is 3. The molecule has 2 heterocycles. The molecule has 1 amide bonds. The zero-order chi connectivity index (χ0) is 21.9. The van der Waals surface area contributed by atoms with Crippen LogP contribution in [0.5, 0.6) is 0 Å². The van der Waals surface area contributed by atoms with E-state index in [0.717, 1.165) is 29.9 Å². The summed E-state index contributed by atoms with van der Waals surface area (Å²) in [5, 5.41) is 4.09. The molecule has 1 aliphatic rings. The Labute approximate surface area is 190 Å². The molecule has 1 saturated heterocycles. The van der Waals surface area contributed by atoms with Gasteiger partial charge >= 0.3 is 0 Å². The minimum atomic E-state index is -0.0950. The first kappa shape index (κ1) is 20.5. The number of anilines is 1. The Bertz CT molecular complexity index is 1240. The number of para-hydroxylation sites is 2. The third-order valence-corrected chi connectivity index (χ3v) is 7.11. The van der Waals surface area contributed by atoms with Gasteiger partial charge in [-0.25, -0.2) is 4.98 Å². The molecule has 3 aromatic carbocycles. The molecule has 5 nitrogen and oxygen atoms in total. The fraction of sp³-hybridized carbons (Fsp3) is 0.192. The summed E-state index contributed by atoms with van der Waals surface area (Å²) in [5.74, 6) is -0.177. The molecule has 0 aliphatic carbocycles. The number of aromatic nitrogens is 1. The van der Waals surface area contributed by atoms with Gasteiger partial charge in [-0.1, -0.05) is 54.6 Å². The number of carbonyl (C=O) groups excluding carboxylic acids is 2. The predicted octanol–water partition coefficient (Wildman–Crippen LogP) is 3.89. The Balaban J connectivity index is 1.31. The Hall–Kier alpha value is -3.35. The molecule has 160 valence electrons. The average Bonchev–Trinajstić information content (AvgIpc) is 3.46. The second kappa shape index (κ2) is 9.02. The van der Waals surface area contributed by atoms with Gasteiger partial charge < -0.3 is 10.2 Å². The number of nitrogens with zero attached hydrogens (tertiary/aromatic N) is 1. The van der Waals surface area contributed by atoms with Crippen LogP contribution in [0.15, 0.2) is 78.9 Å². The maximum atomic E-state index is 13.0. The zero-order valence-corrected chi connectivity index (χ0v) is 18.4. The highest BCUT2D eigenvalue weighted by Crippen LogP contribution is 2.28. The number of carbonyl (C=O) groups is 2. The number of nitrogens with one attached hydrogen (secondary N) is 2. The van der Waals surface area contributed by atoms with Crippen molar-refractivity contribution in [3.8, 4) is 0 Å². The van der Waals surface area contributed by atoms with Crippen molar-refractivity contribution in [3.05, 3.63) is 95.0 Å². The van der Waals surface area contributed by atoms with Gasteiger partial charge in [-0.15, -0.1) is 11.3 Å². The molecule has 1 unspecified atom stereocenters. The van der Waals surface area contributed by atoms with Crippen molar-refractivity contribution in [2.75, 3.05) is 18.4 Å². The van der Waals surface area contributed by atoms with E-state index in [9.17, 15) is 9.59 Å². The normalized spacial score (nSPS) is 18.0. The van der Waals surface area contributed by atoms with Gasteiger partial charge in [0.25, 0.3) is 5.91 Å². The lowest BCUT2D eigenvalue weighted by molar-refractivity contribution is -0.910. The second-order valence-corrected chi connectivity index (χ2v) is 9.15. The smallest absolute Gasteiger partial charge is 0.279 e. The zero-order valence-electron chi connectivity index (χ0n) is 17.6. The summed E-state index contributed by atoms with van der Waals surface area (Å²) in [6.07, 6.45) is 2.11. The summed E-state index contributed by atoms with van der Waals surface area (Å²) < 4.78 is 1.19. The van der Waals surface area contributed by atoms with Gasteiger partial charge in [0.15, 0.2) is 17.3 Å². The van der Waals surface area contributed by atoms with Crippen LogP contribution in [-0.4, -0.2) is 29.8 Å². The van der Waals surface area contributed by atoms with Crippen LogP contribution in [0.4, 0.5) is 5.69 Å². The lowest BCUT2D eigenvalue weighted by Crippen LogP contribution is -3.11. The van der Waals surface area contributed by atoms with Crippen LogP contribution in [0.3, 0.4) is 0 Å². The van der Waals surface area contributed by atoms with Gasteiger partial charge in [0, 0.05) is 24.0 Å². The number of fused-ring (bicyclic) bond motifs is 1. The summed E-state index contributed by atoms with van der Waals surface area (Å²) >= 11 is 1.73. The summed E-state index contributed by atoms with van der Waals surface area (Å²) in [6.45, 7) is 1.30. The van der Waals surface area contributed by atoms with Gasteiger partial charge in [0.2, 0.25) is 0 Å². The standard InChI is InChI=1S/C26H23N3O2S/c30-24(27-20-12-5-4-11-19(20)25(31)18-9-2-1-3-10-18)17-29-16-8-14-22(29)26-28-21-13-6-7-15-23(21)32-26/h1-7,9-13,15,22H,8,14,16-17H2,(H,27,30)/p+1/t22-/m0/s1. The molecule has 4 aromatic rings. The predicted molar refractivity (Wildman–Crippen MR) is 127 cm³/mol. The molecule has 0 bridgehead atoms. The average molecular weight is 443 g/mol. The molecule has 0 radical (unpaired) electrons. The van der Waals surface area contributed by atoms with Crippen LogP contribution in [-0.2, 0) is 4.79 Å². The largest absolute Gasteiger partial charge is 0.320 e. The van der Waals surface area contributed by atoms with Crippen LogP contribution in [0.1, 0.15) is 39.8 Å². The van der Waals surface area contributed by atoms with E-state index in [1.807, 2.05) is 48.5 Å². The molecule has 0 spiro atoms. The van der Waals surface area contributed by atoms with Gasteiger partial charge in [-0.05, 0) is 24.3 Å². The third kappa shape index (κ3) is 4.20. The highest BCUT2D eigenvalue weighted by molar-refractivity contribution is 7.18. The summed E-state index contributed by atoms with van der Waals surface area (Å²) in [4.78, 5) is 32.0.